The number of hydrogen-bond donors (Lipinski definition) is 0. The van der Waals surface area contributed by atoms with Gasteiger partial charge in [-0.05, 0) is 35.1 Å². The van der Waals surface area contributed by atoms with E-state index in [1.807, 2.05) is 0 Å². The highest BCUT2D eigenvalue weighted by molar-refractivity contribution is 6.18. The Labute approximate surface area is 181 Å². The van der Waals surface area contributed by atoms with Crippen molar-refractivity contribution in [3.63, 3.8) is 0 Å². The van der Waals surface area contributed by atoms with Gasteiger partial charge in [0, 0.05) is 25.0 Å². The summed E-state index contributed by atoms with van der Waals surface area (Å²) in [6.45, 7) is 4.37. The van der Waals surface area contributed by atoms with Crippen LogP contribution in [0.4, 0.5) is 0 Å². The molecular weight excluding hydrogens is 374 g/mol. The second kappa shape index (κ2) is 10.6. The molecule has 2 aliphatic rings. The lowest BCUT2D eigenvalue weighted by molar-refractivity contribution is 0.0268. The van der Waals surface area contributed by atoms with Gasteiger partial charge in [-0.15, -0.1) is 0 Å². The second-order valence-electron chi connectivity index (χ2n) is 8.25. The van der Waals surface area contributed by atoms with Crippen molar-refractivity contribution in [2.75, 3.05) is 0 Å². The van der Waals surface area contributed by atoms with Crippen molar-refractivity contribution in [3.05, 3.63) is 59.7 Å². The first-order chi connectivity index (χ1) is 14.8. The summed E-state index contributed by atoms with van der Waals surface area (Å²) in [4.78, 5) is 0. The van der Waals surface area contributed by atoms with Crippen molar-refractivity contribution in [2.24, 2.45) is 0 Å². The van der Waals surface area contributed by atoms with E-state index in [9.17, 15) is 0 Å². The Balaban J connectivity index is 1.40. The van der Waals surface area contributed by atoms with Crippen molar-refractivity contribution in [3.8, 4) is 11.1 Å². The minimum Gasteiger partial charge on any atom is -0.410 e. The summed E-state index contributed by atoms with van der Waals surface area (Å²) >= 11 is 0. The molecule has 4 atom stereocenters. The summed E-state index contributed by atoms with van der Waals surface area (Å²) in [7, 11) is 3.03. The van der Waals surface area contributed by atoms with Crippen molar-refractivity contribution < 1.29 is 18.6 Å². The van der Waals surface area contributed by atoms with E-state index in [1.165, 1.54) is 37.6 Å². The second-order valence-corrected chi connectivity index (χ2v) is 8.25. The largest absolute Gasteiger partial charge is 0.488 e. The maximum atomic E-state index is 5.72. The van der Waals surface area contributed by atoms with E-state index in [0.717, 1.165) is 38.5 Å². The van der Waals surface area contributed by atoms with E-state index in [4.69, 9.17) is 18.6 Å². The molecule has 2 heterocycles. The van der Waals surface area contributed by atoms with Crippen molar-refractivity contribution in [2.45, 2.75) is 76.8 Å². The average molecular weight is 404 g/mol. The van der Waals surface area contributed by atoms with Gasteiger partial charge in [0.15, 0.2) is 0 Å². The molecule has 0 spiro atoms. The van der Waals surface area contributed by atoms with Gasteiger partial charge in [-0.1, -0.05) is 75.2 Å². The van der Waals surface area contributed by atoms with E-state index in [-0.39, 0.29) is 24.4 Å². The minimum absolute atomic E-state index is 0.0738. The normalized spacial score (nSPS) is 26.6. The van der Waals surface area contributed by atoms with Crippen LogP contribution in [0, 0.1) is 0 Å². The summed E-state index contributed by atoms with van der Waals surface area (Å²) in [6, 6.07) is 17.4. The van der Waals surface area contributed by atoms with Gasteiger partial charge in [0.1, 0.15) is 0 Å². The van der Waals surface area contributed by atoms with Gasteiger partial charge in [0.25, 0.3) is 0 Å². The standard InChI is InChI=1S/C24H30B2O4/c1-3-5-21-15-23(29-25-27-21)19-11-7-17(8-12-19)18-9-13-20(14-10-18)24-16-22(6-4-2)28-26-30-24/h7-14,21-24H,3-6,15-16H2,1-2H3. The zero-order chi connectivity index (χ0) is 20.8. The van der Waals surface area contributed by atoms with Crippen LogP contribution < -0.4 is 0 Å². The third kappa shape index (κ3) is 5.36. The van der Waals surface area contributed by atoms with E-state index in [1.54, 1.807) is 0 Å². The first kappa shape index (κ1) is 21.6. The molecule has 2 aromatic rings. The summed E-state index contributed by atoms with van der Waals surface area (Å²) < 4.78 is 22.6. The molecule has 4 nitrogen and oxygen atoms in total. The summed E-state index contributed by atoms with van der Waals surface area (Å²) in [5.41, 5.74) is 4.80. The first-order valence-corrected chi connectivity index (χ1v) is 11.2. The van der Waals surface area contributed by atoms with Gasteiger partial charge in [-0.3, -0.25) is 0 Å². The highest BCUT2D eigenvalue weighted by Crippen LogP contribution is 2.32. The number of benzene rings is 2. The van der Waals surface area contributed by atoms with Gasteiger partial charge < -0.3 is 18.6 Å². The van der Waals surface area contributed by atoms with E-state index in [0.29, 0.717) is 0 Å². The molecular formula is C24H30B2O4. The third-order valence-electron chi connectivity index (χ3n) is 6.01. The highest BCUT2D eigenvalue weighted by atomic mass is 16.6. The van der Waals surface area contributed by atoms with Crippen LogP contribution in [0.2, 0.25) is 0 Å². The molecule has 0 aliphatic carbocycles. The lowest BCUT2D eigenvalue weighted by atomic mass is 9.94. The molecule has 0 amide bonds. The Morgan fingerprint density at radius 2 is 1.03 bits per heavy atom. The Morgan fingerprint density at radius 1 is 0.633 bits per heavy atom. The average Bonchev–Trinajstić information content (AvgIpc) is 2.80. The molecule has 0 N–H and O–H groups in total. The van der Waals surface area contributed by atoms with Crippen LogP contribution in [0.3, 0.4) is 0 Å². The van der Waals surface area contributed by atoms with Crippen molar-refractivity contribution >= 4 is 15.4 Å². The summed E-state index contributed by atoms with van der Waals surface area (Å²) in [5, 5.41) is 0. The zero-order valence-corrected chi connectivity index (χ0v) is 18.0. The van der Waals surface area contributed by atoms with E-state index >= 15 is 0 Å². The molecule has 2 saturated heterocycles. The maximum absolute atomic E-state index is 5.72. The molecule has 0 saturated carbocycles. The van der Waals surface area contributed by atoms with E-state index in [2.05, 4.69) is 62.4 Å². The lowest BCUT2D eigenvalue weighted by Crippen LogP contribution is -2.28. The highest BCUT2D eigenvalue weighted by Gasteiger charge is 2.26. The number of hydrogen-bond acceptors (Lipinski definition) is 4. The van der Waals surface area contributed by atoms with Gasteiger partial charge in [-0.25, -0.2) is 0 Å². The van der Waals surface area contributed by atoms with Gasteiger partial charge >= 0.3 is 15.4 Å². The lowest BCUT2D eigenvalue weighted by Gasteiger charge is -2.30. The zero-order valence-electron chi connectivity index (χ0n) is 18.0. The fourth-order valence-electron chi connectivity index (χ4n) is 4.28. The fraction of sp³-hybridized carbons (Fsp3) is 0.500. The number of rotatable bonds is 7. The molecule has 0 aromatic heterocycles. The van der Waals surface area contributed by atoms with Gasteiger partial charge in [-0.2, -0.15) is 0 Å². The van der Waals surface area contributed by atoms with Gasteiger partial charge in [0.2, 0.25) is 0 Å². The first-order valence-electron chi connectivity index (χ1n) is 11.2. The Kier molecular flexibility index (Phi) is 7.67. The molecule has 2 aliphatic heterocycles. The van der Waals surface area contributed by atoms with Gasteiger partial charge in [0.05, 0.1) is 12.2 Å². The van der Waals surface area contributed by atoms with Crippen molar-refractivity contribution in [1.82, 2.24) is 0 Å². The Hall–Kier alpha value is -1.59. The fourth-order valence-corrected chi connectivity index (χ4v) is 4.28. The SMILES string of the molecule is CCCC1CC(c2ccc(-c3ccc(C4CC(CCC)O[B]O4)cc3)cc2)O[B]O1. The molecule has 30 heavy (non-hydrogen) atoms. The predicted molar refractivity (Wildman–Crippen MR) is 120 cm³/mol. The Morgan fingerprint density at radius 3 is 1.40 bits per heavy atom. The third-order valence-corrected chi connectivity index (χ3v) is 6.01. The minimum atomic E-state index is 0.0738. The summed E-state index contributed by atoms with van der Waals surface area (Å²) in [5.74, 6) is 0. The van der Waals surface area contributed by atoms with Crippen LogP contribution in [0.15, 0.2) is 48.5 Å². The quantitative estimate of drug-likeness (QED) is 0.554. The molecule has 2 fully saturated rings. The van der Waals surface area contributed by atoms with Crippen LogP contribution in [0.1, 0.15) is 75.7 Å². The van der Waals surface area contributed by atoms with Crippen LogP contribution >= 0.6 is 0 Å². The van der Waals surface area contributed by atoms with E-state index < -0.39 is 0 Å². The molecule has 6 heteroatoms. The molecule has 4 unspecified atom stereocenters. The molecule has 156 valence electrons. The van der Waals surface area contributed by atoms with Crippen LogP contribution in [0.5, 0.6) is 0 Å². The summed E-state index contributed by atoms with van der Waals surface area (Å²) in [6.07, 6.45) is 6.83. The molecule has 2 aromatic carbocycles. The monoisotopic (exact) mass is 404 g/mol. The maximum Gasteiger partial charge on any atom is 0.488 e. The Bertz CT molecular complexity index is 709. The molecule has 0 bridgehead atoms. The topological polar surface area (TPSA) is 36.9 Å². The van der Waals surface area contributed by atoms with Crippen molar-refractivity contribution in [1.29, 1.82) is 0 Å². The van der Waals surface area contributed by atoms with Crippen LogP contribution in [-0.4, -0.2) is 27.6 Å². The van der Waals surface area contributed by atoms with Crippen LogP contribution in [0.25, 0.3) is 11.1 Å². The predicted octanol–water partition coefficient (Wildman–Crippen LogP) is 5.72. The smallest absolute Gasteiger partial charge is 0.410 e. The molecule has 4 rings (SSSR count). The van der Waals surface area contributed by atoms with Crippen LogP contribution in [-0.2, 0) is 18.6 Å². The molecule has 2 radical (unpaired) electrons.